The van der Waals surface area contributed by atoms with Crippen molar-refractivity contribution in [3.05, 3.63) is 187 Å². The number of unbranched alkanes of at least 4 members (excludes halogenated alkanes) is 9. The van der Waals surface area contributed by atoms with E-state index >= 15 is 0 Å². The zero-order valence-electron chi connectivity index (χ0n) is 40.4. The Hall–Kier alpha value is -6.40. The van der Waals surface area contributed by atoms with Crippen LogP contribution in [0.5, 0.6) is 0 Å². The normalized spacial score (nSPS) is 11.1. The molecule has 0 aliphatic heterocycles. The zero-order chi connectivity index (χ0) is 46.4. The molecular weight excluding hydrogens is 807 g/mol. The Balaban J connectivity index is 0.000000353. The number of benzene rings is 2. The van der Waals surface area contributed by atoms with E-state index in [-0.39, 0.29) is 5.78 Å². The number of aryl methyl sites for hydroxylation is 5. The summed E-state index contributed by atoms with van der Waals surface area (Å²) in [6.07, 6.45) is 35.6. The lowest BCUT2D eigenvalue weighted by Crippen LogP contribution is -2.39. The van der Waals surface area contributed by atoms with E-state index in [0.29, 0.717) is 5.56 Å². The van der Waals surface area contributed by atoms with Gasteiger partial charge in [0.2, 0.25) is 17.1 Å². The highest BCUT2D eigenvalue weighted by Crippen LogP contribution is 2.30. The highest BCUT2D eigenvalue weighted by atomic mass is 16.1. The first-order chi connectivity index (χ1) is 32.3. The Morgan fingerprint density at radius 3 is 1.36 bits per heavy atom. The van der Waals surface area contributed by atoms with E-state index in [1.165, 1.54) is 122 Å². The van der Waals surface area contributed by atoms with Crippen molar-refractivity contribution in [3.63, 3.8) is 0 Å². The van der Waals surface area contributed by atoms with Crippen LogP contribution in [0.2, 0.25) is 0 Å². The Morgan fingerprint density at radius 2 is 0.894 bits per heavy atom. The van der Waals surface area contributed by atoms with Crippen LogP contribution in [0.25, 0.3) is 45.4 Å². The third kappa shape index (κ3) is 15.1. The molecular formula is C60H73N5O+4. The first kappa shape index (κ1) is 49.0. The fourth-order valence-corrected chi connectivity index (χ4v) is 8.14. The van der Waals surface area contributed by atoms with E-state index in [1.54, 1.807) is 24.5 Å². The standard InChI is InChI=1S/C45H60N4.C15H13NO/c1-5-8-11-14-27-46-30-21-39(22-31-46)42-36-44(40-19-17-38(4)18-20-40)49(43-25-34-48(35-26-43)29-16-13-10-7-3)45(37-42)41-23-32-47(33-24-41)28-15-12-9-6-2;1-12-2-5-14(6-3-12)15(17)7-4-13-8-10-16-11-9-13/h17-26,30-37H,5-16,27-29H2,1-4H3;2-11H,1H3/q+4;/b;7-4+. The van der Waals surface area contributed by atoms with E-state index < -0.39 is 0 Å². The van der Waals surface area contributed by atoms with Crippen LogP contribution in [0.15, 0.2) is 165 Å². The van der Waals surface area contributed by atoms with Crippen molar-refractivity contribution in [2.45, 2.75) is 131 Å². The summed E-state index contributed by atoms with van der Waals surface area (Å²) in [5.74, 6) is 0.0156. The maximum Gasteiger partial charge on any atom is 0.223 e. The summed E-state index contributed by atoms with van der Waals surface area (Å²) in [4.78, 5) is 15.7. The van der Waals surface area contributed by atoms with E-state index in [9.17, 15) is 4.79 Å². The summed E-state index contributed by atoms with van der Waals surface area (Å²) >= 11 is 0. The van der Waals surface area contributed by atoms with Crippen LogP contribution in [0.1, 0.15) is 125 Å². The van der Waals surface area contributed by atoms with E-state index in [1.807, 2.05) is 43.3 Å². The predicted octanol–water partition coefficient (Wildman–Crippen LogP) is 13.2. The number of rotatable bonds is 22. The monoisotopic (exact) mass is 880 g/mol. The minimum Gasteiger partial charge on any atom is -0.289 e. The Kier molecular flexibility index (Phi) is 19.7. The van der Waals surface area contributed by atoms with Gasteiger partial charge in [-0.05, 0) is 80.1 Å². The average molecular weight is 880 g/mol. The summed E-state index contributed by atoms with van der Waals surface area (Å²) in [6, 6.07) is 38.9. The molecule has 6 heteroatoms. The SMILES string of the molecule is CCCCCC[n+]1ccc(-c2cc(-c3ccc(C)cc3)[n+](-c3cc[n+](CCCCCC)cc3)c(-c3cc[n+](CCCCCC)cc3)c2)cc1.Cc1ccc(C(=O)/C=C/c2ccncc2)cc1. The van der Waals surface area contributed by atoms with Gasteiger partial charge in [-0.25, -0.2) is 13.7 Å². The van der Waals surface area contributed by atoms with E-state index in [0.717, 1.165) is 30.8 Å². The third-order valence-corrected chi connectivity index (χ3v) is 12.2. The smallest absolute Gasteiger partial charge is 0.223 e. The van der Waals surface area contributed by atoms with Gasteiger partial charge in [0.05, 0.1) is 17.7 Å². The molecule has 0 saturated heterocycles. The highest BCUT2D eigenvalue weighted by Gasteiger charge is 2.27. The number of hydrogen-bond acceptors (Lipinski definition) is 2. The second-order valence-corrected chi connectivity index (χ2v) is 17.7. The van der Waals surface area contributed by atoms with Crippen molar-refractivity contribution < 1.29 is 23.1 Å². The molecule has 0 radical (unpaired) electrons. The van der Waals surface area contributed by atoms with Gasteiger partial charge in [-0.1, -0.05) is 113 Å². The Morgan fingerprint density at radius 1 is 0.470 bits per heavy atom. The van der Waals surface area contributed by atoms with Gasteiger partial charge in [-0.2, -0.15) is 4.57 Å². The number of aromatic nitrogens is 5. The Labute approximate surface area is 396 Å². The van der Waals surface area contributed by atoms with Crippen molar-refractivity contribution in [2.24, 2.45) is 0 Å². The molecule has 0 atom stereocenters. The molecule has 0 aliphatic rings. The predicted molar refractivity (Wildman–Crippen MR) is 271 cm³/mol. The van der Waals surface area contributed by atoms with Gasteiger partial charge in [-0.3, -0.25) is 9.78 Å². The maximum absolute atomic E-state index is 11.8. The van der Waals surface area contributed by atoms with Gasteiger partial charge in [-0.15, -0.1) is 0 Å². The molecule has 0 saturated carbocycles. The molecule has 0 amide bonds. The first-order valence-corrected chi connectivity index (χ1v) is 24.7. The maximum atomic E-state index is 11.8. The molecule has 5 aromatic heterocycles. The minimum atomic E-state index is 0.0156. The lowest BCUT2D eigenvalue weighted by Gasteiger charge is -2.12. The lowest BCUT2D eigenvalue weighted by atomic mass is 9.99. The molecule has 6 nitrogen and oxygen atoms in total. The van der Waals surface area contributed by atoms with Gasteiger partial charge >= 0.3 is 0 Å². The van der Waals surface area contributed by atoms with Gasteiger partial charge in [0.25, 0.3) is 0 Å². The van der Waals surface area contributed by atoms with Gasteiger partial charge < -0.3 is 0 Å². The summed E-state index contributed by atoms with van der Waals surface area (Å²) in [6.45, 7) is 14.2. The molecule has 7 rings (SSSR count). The quantitative estimate of drug-likeness (QED) is 0.0295. The first-order valence-electron chi connectivity index (χ1n) is 24.7. The van der Waals surface area contributed by atoms with Crippen molar-refractivity contribution >= 4 is 11.9 Å². The van der Waals surface area contributed by atoms with Crippen molar-refractivity contribution in [3.8, 4) is 39.3 Å². The summed E-state index contributed by atoms with van der Waals surface area (Å²) in [7, 11) is 0. The van der Waals surface area contributed by atoms with Gasteiger partial charge in [0, 0.05) is 79.2 Å². The van der Waals surface area contributed by atoms with Crippen LogP contribution in [-0.2, 0) is 19.6 Å². The zero-order valence-corrected chi connectivity index (χ0v) is 40.4. The molecule has 0 spiro atoms. The fraction of sp³-hybridized carbons (Fsp3) is 0.333. The molecule has 0 aliphatic carbocycles. The van der Waals surface area contributed by atoms with Gasteiger partial charge in [0.15, 0.2) is 43.0 Å². The molecule has 66 heavy (non-hydrogen) atoms. The van der Waals surface area contributed by atoms with Crippen LogP contribution < -0.4 is 18.3 Å². The van der Waals surface area contributed by atoms with Crippen LogP contribution >= 0.6 is 0 Å². The molecule has 0 fully saturated rings. The topological polar surface area (TPSA) is 45.5 Å². The van der Waals surface area contributed by atoms with E-state index in [2.05, 4.69) is 161 Å². The molecule has 5 heterocycles. The van der Waals surface area contributed by atoms with Gasteiger partial charge in [0.1, 0.15) is 19.6 Å². The third-order valence-electron chi connectivity index (χ3n) is 12.2. The summed E-state index contributed by atoms with van der Waals surface area (Å²) in [5.41, 5.74) is 12.6. The average Bonchev–Trinajstić information content (AvgIpc) is 3.36. The van der Waals surface area contributed by atoms with Crippen LogP contribution in [0, 0.1) is 13.8 Å². The van der Waals surface area contributed by atoms with Crippen LogP contribution in [0.4, 0.5) is 0 Å². The lowest BCUT2D eigenvalue weighted by molar-refractivity contribution is -0.698. The van der Waals surface area contributed by atoms with Crippen molar-refractivity contribution in [1.29, 1.82) is 0 Å². The number of allylic oxidation sites excluding steroid dienone is 1. The molecule has 7 aromatic rings. The second-order valence-electron chi connectivity index (χ2n) is 17.7. The van der Waals surface area contributed by atoms with Crippen molar-refractivity contribution in [2.75, 3.05) is 0 Å². The number of hydrogen-bond donors (Lipinski definition) is 0. The molecule has 0 bridgehead atoms. The molecule has 2 aromatic carbocycles. The molecule has 0 unspecified atom stereocenters. The number of pyridine rings is 5. The largest absolute Gasteiger partial charge is 0.289 e. The number of carbonyl (C=O) groups excluding carboxylic acids is 1. The second kappa shape index (κ2) is 26.5. The van der Waals surface area contributed by atoms with Crippen LogP contribution in [0.3, 0.4) is 0 Å². The van der Waals surface area contributed by atoms with E-state index in [4.69, 9.17) is 0 Å². The summed E-state index contributed by atoms with van der Waals surface area (Å²) in [5, 5.41) is 0. The molecule has 0 N–H and O–H groups in total. The Bertz CT molecular complexity index is 2530. The molecule has 340 valence electrons. The van der Waals surface area contributed by atoms with Crippen molar-refractivity contribution in [1.82, 2.24) is 4.98 Å². The highest BCUT2D eigenvalue weighted by molar-refractivity contribution is 6.06. The summed E-state index contributed by atoms with van der Waals surface area (Å²) < 4.78 is 9.48. The minimum absolute atomic E-state index is 0.0156. The number of ketones is 1. The van der Waals surface area contributed by atoms with Crippen LogP contribution in [-0.4, -0.2) is 10.8 Å². The number of nitrogens with zero attached hydrogens (tertiary/aromatic N) is 5. The number of carbonyl (C=O) groups is 1. The fourth-order valence-electron chi connectivity index (χ4n) is 8.14.